The molecular formula is C19H27F3N4O. The van der Waals surface area contributed by atoms with Crippen molar-refractivity contribution in [1.82, 2.24) is 14.8 Å². The number of hydrogen-bond donors (Lipinski definition) is 0. The SMILES string of the molecule is CC(C)N1CCCN(C2(C=O)CCN(c3ccc(C(F)(F)F)nc3)C2)CC1. The second-order valence-corrected chi connectivity index (χ2v) is 7.76. The molecule has 0 amide bonds. The Kier molecular flexibility index (Phi) is 5.76. The Morgan fingerprint density at radius 1 is 1.15 bits per heavy atom. The van der Waals surface area contributed by atoms with Crippen molar-refractivity contribution in [3.8, 4) is 0 Å². The number of aldehydes is 1. The van der Waals surface area contributed by atoms with Crippen molar-refractivity contribution < 1.29 is 18.0 Å². The van der Waals surface area contributed by atoms with Crippen molar-refractivity contribution in [3.63, 3.8) is 0 Å². The molecule has 0 bridgehead atoms. The van der Waals surface area contributed by atoms with Crippen LogP contribution in [0.4, 0.5) is 18.9 Å². The highest BCUT2D eigenvalue weighted by Gasteiger charge is 2.44. The summed E-state index contributed by atoms with van der Waals surface area (Å²) >= 11 is 0. The van der Waals surface area contributed by atoms with Gasteiger partial charge in [-0.25, -0.2) is 4.98 Å². The zero-order chi connectivity index (χ0) is 19.7. The molecular weight excluding hydrogens is 357 g/mol. The fraction of sp³-hybridized carbons (Fsp3) is 0.684. The van der Waals surface area contributed by atoms with Crippen LogP contribution in [-0.2, 0) is 11.0 Å². The van der Waals surface area contributed by atoms with E-state index in [4.69, 9.17) is 0 Å². The van der Waals surface area contributed by atoms with Gasteiger partial charge in [0, 0.05) is 38.8 Å². The van der Waals surface area contributed by atoms with Gasteiger partial charge < -0.3 is 9.69 Å². The Bertz CT molecular complexity index is 649. The molecule has 2 saturated heterocycles. The van der Waals surface area contributed by atoms with Crippen LogP contribution < -0.4 is 4.90 Å². The summed E-state index contributed by atoms with van der Waals surface area (Å²) in [5, 5.41) is 0. The standard InChI is InChI=1S/C19H27F3N4O/c1-15(2)24-7-3-8-26(11-10-24)18(14-27)6-9-25(13-18)16-4-5-17(23-12-16)19(20,21)22/h4-5,12,14-15H,3,6-11,13H2,1-2H3. The third-order valence-electron chi connectivity index (χ3n) is 5.79. The fourth-order valence-corrected chi connectivity index (χ4v) is 4.11. The van der Waals surface area contributed by atoms with Gasteiger partial charge in [-0.2, -0.15) is 13.2 Å². The van der Waals surface area contributed by atoms with Gasteiger partial charge in [0.2, 0.25) is 0 Å². The Morgan fingerprint density at radius 2 is 1.93 bits per heavy atom. The molecule has 3 rings (SSSR count). The number of anilines is 1. The van der Waals surface area contributed by atoms with Gasteiger partial charge in [0.25, 0.3) is 0 Å². The Hall–Kier alpha value is -1.67. The zero-order valence-corrected chi connectivity index (χ0v) is 15.9. The van der Waals surface area contributed by atoms with Crippen LogP contribution in [0, 0.1) is 0 Å². The molecule has 5 nitrogen and oxygen atoms in total. The molecule has 0 aromatic carbocycles. The van der Waals surface area contributed by atoms with E-state index in [-0.39, 0.29) is 0 Å². The number of hydrogen-bond acceptors (Lipinski definition) is 5. The molecule has 0 radical (unpaired) electrons. The average Bonchev–Trinajstić information content (AvgIpc) is 2.91. The molecule has 1 aromatic heterocycles. The van der Waals surface area contributed by atoms with E-state index in [2.05, 4.69) is 28.6 Å². The van der Waals surface area contributed by atoms with E-state index in [9.17, 15) is 18.0 Å². The minimum atomic E-state index is -4.44. The van der Waals surface area contributed by atoms with Crippen molar-refractivity contribution in [1.29, 1.82) is 0 Å². The number of carbonyl (C=O) groups excluding carboxylic acids is 1. The molecule has 27 heavy (non-hydrogen) atoms. The van der Waals surface area contributed by atoms with Crippen LogP contribution in [-0.4, -0.2) is 71.9 Å². The molecule has 0 saturated carbocycles. The lowest BCUT2D eigenvalue weighted by molar-refractivity contribution is -0.141. The van der Waals surface area contributed by atoms with E-state index in [0.29, 0.717) is 31.2 Å². The molecule has 0 spiro atoms. The lowest BCUT2D eigenvalue weighted by Crippen LogP contribution is -2.53. The summed E-state index contributed by atoms with van der Waals surface area (Å²) in [6.07, 6.45) is -0.457. The van der Waals surface area contributed by atoms with Gasteiger partial charge >= 0.3 is 6.18 Å². The Labute approximate surface area is 158 Å². The van der Waals surface area contributed by atoms with Crippen molar-refractivity contribution >= 4 is 12.0 Å². The maximum atomic E-state index is 12.7. The summed E-state index contributed by atoms with van der Waals surface area (Å²) in [4.78, 5) is 22.3. The minimum Gasteiger partial charge on any atom is -0.368 e. The topological polar surface area (TPSA) is 39.7 Å². The highest BCUT2D eigenvalue weighted by Crippen LogP contribution is 2.33. The molecule has 3 heterocycles. The maximum Gasteiger partial charge on any atom is 0.433 e. The zero-order valence-electron chi connectivity index (χ0n) is 15.9. The van der Waals surface area contributed by atoms with Crippen LogP contribution >= 0.6 is 0 Å². The summed E-state index contributed by atoms with van der Waals surface area (Å²) in [7, 11) is 0. The number of pyridine rings is 1. The summed E-state index contributed by atoms with van der Waals surface area (Å²) in [6, 6.07) is 2.93. The number of alkyl halides is 3. The van der Waals surface area contributed by atoms with Gasteiger partial charge in [-0.1, -0.05) is 0 Å². The molecule has 1 unspecified atom stereocenters. The quantitative estimate of drug-likeness (QED) is 0.747. The van der Waals surface area contributed by atoms with E-state index in [0.717, 1.165) is 45.0 Å². The van der Waals surface area contributed by atoms with Gasteiger partial charge in [0.1, 0.15) is 12.0 Å². The van der Waals surface area contributed by atoms with Crippen LogP contribution in [0.5, 0.6) is 0 Å². The van der Waals surface area contributed by atoms with Crippen LogP contribution in [0.15, 0.2) is 18.3 Å². The number of halogens is 3. The first kappa shape index (κ1) is 20.1. The molecule has 2 aliphatic heterocycles. The van der Waals surface area contributed by atoms with Crippen LogP contribution in [0.25, 0.3) is 0 Å². The molecule has 8 heteroatoms. The second kappa shape index (κ2) is 7.75. The lowest BCUT2D eigenvalue weighted by Gasteiger charge is -2.36. The summed E-state index contributed by atoms with van der Waals surface area (Å²) in [5.74, 6) is 0. The van der Waals surface area contributed by atoms with Crippen LogP contribution in [0.3, 0.4) is 0 Å². The monoisotopic (exact) mass is 384 g/mol. The van der Waals surface area contributed by atoms with Crippen LogP contribution in [0.2, 0.25) is 0 Å². The average molecular weight is 384 g/mol. The molecule has 150 valence electrons. The first-order valence-electron chi connectivity index (χ1n) is 9.49. The molecule has 1 aromatic rings. The second-order valence-electron chi connectivity index (χ2n) is 7.76. The third kappa shape index (κ3) is 4.27. The largest absolute Gasteiger partial charge is 0.433 e. The minimum absolute atomic E-state index is 0.482. The van der Waals surface area contributed by atoms with E-state index in [1.807, 2.05) is 4.90 Å². The van der Waals surface area contributed by atoms with E-state index >= 15 is 0 Å². The number of rotatable bonds is 4. The lowest BCUT2D eigenvalue weighted by atomic mass is 9.97. The van der Waals surface area contributed by atoms with E-state index in [1.165, 1.54) is 12.3 Å². The van der Waals surface area contributed by atoms with E-state index < -0.39 is 17.4 Å². The van der Waals surface area contributed by atoms with Crippen molar-refractivity contribution in [3.05, 3.63) is 24.0 Å². The van der Waals surface area contributed by atoms with Gasteiger partial charge in [0.15, 0.2) is 0 Å². The van der Waals surface area contributed by atoms with Gasteiger partial charge in [-0.15, -0.1) is 0 Å². The van der Waals surface area contributed by atoms with E-state index in [1.54, 1.807) is 0 Å². The smallest absolute Gasteiger partial charge is 0.368 e. The number of aromatic nitrogens is 1. The molecule has 2 fully saturated rings. The Balaban J connectivity index is 1.71. The van der Waals surface area contributed by atoms with Gasteiger partial charge in [0.05, 0.1) is 17.4 Å². The molecule has 2 aliphatic rings. The summed E-state index contributed by atoms with van der Waals surface area (Å²) < 4.78 is 38.1. The third-order valence-corrected chi connectivity index (χ3v) is 5.79. The highest BCUT2D eigenvalue weighted by molar-refractivity contribution is 5.68. The first-order chi connectivity index (χ1) is 12.7. The van der Waals surface area contributed by atoms with Crippen molar-refractivity contribution in [2.75, 3.05) is 44.2 Å². The van der Waals surface area contributed by atoms with Crippen LogP contribution in [0.1, 0.15) is 32.4 Å². The highest BCUT2D eigenvalue weighted by atomic mass is 19.4. The summed E-state index contributed by atoms with van der Waals surface area (Å²) in [5.41, 5.74) is -0.839. The normalized spacial score (nSPS) is 25.8. The first-order valence-corrected chi connectivity index (χ1v) is 9.49. The Morgan fingerprint density at radius 3 is 2.52 bits per heavy atom. The molecule has 1 atom stereocenters. The summed E-state index contributed by atoms with van der Waals surface area (Å²) in [6.45, 7) is 9.13. The predicted octanol–water partition coefficient (Wildman–Crippen LogP) is 2.66. The predicted molar refractivity (Wildman–Crippen MR) is 97.8 cm³/mol. The van der Waals surface area contributed by atoms with Gasteiger partial charge in [-0.3, -0.25) is 9.80 Å². The van der Waals surface area contributed by atoms with Crippen molar-refractivity contribution in [2.45, 2.75) is 44.4 Å². The van der Waals surface area contributed by atoms with Gasteiger partial charge in [-0.05, 0) is 45.4 Å². The maximum absolute atomic E-state index is 12.7. The molecule has 0 aliphatic carbocycles. The molecule has 0 N–H and O–H groups in total. The fourth-order valence-electron chi connectivity index (χ4n) is 4.11. The van der Waals surface area contributed by atoms with Crippen molar-refractivity contribution in [2.24, 2.45) is 0 Å². The number of carbonyl (C=O) groups is 1. The number of nitrogens with zero attached hydrogens (tertiary/aromatic N) is 4.